The molecule has 10 heavy (non-hydrogen) atoms. The molecule has 0 spiro atoms. The third kappa shape index (κ3) is 5.79. The van der Waals surface area contributed by atoms with E-state index in [1.165, 1.54) is 0 Å². The van der Waals surface area contributed by atoms with E-state index in [1.807, 2.05) is 27.7 Å². The Balaban J connectivity index is 3.45. The normalized spacial score (nSPS) is 14.8. The van der Waals surface area contributed by atoms with Crippen molar-refractivity contribution in [1.29, 1.82) is 0 Å². The van der Waals surface area contributed by atoms with Crippen LogP contribution < -0.4 is 0 Å². The van der Waals surface area contributed by atoms with Crippen LogP contribution in [0.2, 0.25) is 0 Å². The smallest absolute Gasteiger partial charge is 0.108 e. The van der Waals surface area contributed by atoms with Gasteiger partial charge in [-0.05, 0) is 27.7 Å². The molecule has 0 bridgehead atoms. The topological polar surface area (TPSA) is 18.5 Å². The lowest BCUT2D eigenvalue weighted by molar-refractivity contribution is -0.361. The summed E-state index contributed by atoms with van der Waals surface area (Å²) in [6.07, 6.45) is 1.64. The molecule has 0 aromatic carbocycles. The molecule has 0 aliphatic carbocycles. The fourth-order valence-corrected chi connectivity index (χ4v) is 0.260. The predicted octanol–water partition coefficient (Wildman–Crippen LogP) is 2.31. The second-order valence-electron chi connectivity index (χ2n) is 3.23. The third-order valence-corrected chi connectivity index (χ3v) is 0.782. The molecule has 0 amide bonds. The standard InChI is InChI=1S/C8H16O2/c1-6-7(2)9-10-8(3,4)5/h6-7H,1H2,2-5H3. The molecule has 0 rings (SSSR count). The average Bonchev–Trinajstić information content (AvgIpc) is 1.81. The van der Waals surface area contributed by atoms with E-state index in [0.29, 0.717) is 0 Å². The summed E-state index contributed by atoms with van der Waals surface area (Å²) in [7, 11) is 0. The van der Waals surface area contributed by atoms with Gasteiger partial charge < -0.3 is 0 Å². The van der Waals surface area contributed by atoms with Crippen LogP contribution in [0.3, 0.4) is 0 Å². The van der Waals surface area contributed by atoms with Crippen LogP contribution in [0.5, 0.6) is 0 Å². The molecule has 0 heterocycles. The summed E-state index contributed by atoms with van der Waals surface area (Å²) in [5.41, 5.74) is -0.239. The molecule has 1 unspecified atom stereocenters. The summed E-state index contributed by atoms with van der Waals surface area (Å²) in [4.78, 5) is 9.95. The van der Waals surface area contributed by atoms with Crippen molar-refractivity contribution in [1.82, 2.24) is 0 Å². The van der Waals surface area contributed by atoms with Crippen molar-refractivity contribution in [3.05, 3.63) is 12.7 Å². The minimum Gasteiger partial charge on any atom is -0.230 e. The van der Waals surface area contributed by atoms with Gasteiger partial charge in [0.2, 0.25) is 0 Å². The Morgan fingerprint density at radius 3 is 2.20 bits per heavy atom. The number of hydrogen-bond acceptors (Lipinski definition) is 2. The van der Waals surface area contributed by atoms with Crippen molar-refractivity contribution >= 4 is 0 Å². The zero-order chi connectivity index (χ0) is 8.20. The molecule has 2 nitrogen and oxygen atoms in total. The molecular weight excluding hydrogens is 128 g/mol. The van der Waals surface area contributed by atoms with Gasteiger partial charge in [-0.2, -0.15) is 0 Å². The summed E-state index contributed by atoms with van der Waals surface area (Å²) in [5, 5.41) is 0. The Morgan fingerprint density at radius 2 is 1.90 bits per heavy atom. The van der Waals surface area contributed by atoms with Gasteiger partial charge in [-0.25, -0.2) is 9.78 Å². The quantitative estimate of drug-likeness (QED) is 0.344. The second kappa shape index (κ2) is 3.74. The molecule has 2 heteroatoms. The van der Waals surface area contributed by atoms with Crippen molar-refractivity contribution in [2.75, 3.05) is 0 Å². The van der Waals surface area contributed by atoms with Crippen LogP contribution in [0.1, 0.15) is 27.7 Å². The SMILES string of the molecule is C=CC(C)OOC(C)(C)C. The minimum atomic E-state index is -0.239. The Morgan fingerprint density at radius 1 is 1.40 bits per heavy atom. The van der Waals surface area contributed by atoms with Gasteiger partial charge in [0.1, 0.15) is 6.10 Å². The lowest BCUT2D eigenvalue weighted by Gasteiger charge is -2.19. The minimum absolute atomic E-state index is 0.0424. The predicted molar refractivity (Wildman–Crippen MR) is 41.6 cm³/mol. The maximum Gasteiger partial charge on any atom is 0.108 e. The molecule has 0 aromatic rings. The van der Waals surface area contributed by atoms with Crippen LogP contribution >= 0.6 is 0 Å². The van der Waals surface area contributed by atoms with E-state index in [2.05, 4.69) is 6.58 Å². The summed E-state index contributed by atoms with van der Waals surface area (Å²) >= 11 is 0. The van der Waals surface area contributed by atoms with E-state index in [9.17, 15) is 0 Å². The van der Waals surface area contributed by atoms with Gasteiger partial charge >= 0.3 is 0 Å². The van der Waals surface area contributed by atoms with E-state index in [-0.39, 0.29) is 11.7 Å². The molecule has 0 aromatic heterocycles. The summed E-state index contributed by atoms with van der Waals surface area (Å²) < 4.78 is 0. The molecular formula is C8H16O2. The molecule has 60 valence electrons. The highest BCUT2D eigenvalue weighted by Gasteiger charge is 2.12. The van der Waals surface area contributed by atoms with E-state index >= 15 is 0 Å². The second-order valence-corrected chi connectivity index (χ2v) is 3.23. The van der Waals surface area contributed by atoms with Crippen molar-refractivity contribution in [2.45, 2.75) is 39.4 Å². The first kappa shape index (κ1) is 9.66. The van der Waals surface area contributed by atoms with Crippen LogP contribution in [-0.2, 0) is 9.78 Å². The van der Waals surface area contributed by atoms with Gasteiger partial charge in [-0.3, -0.25) is 0 Å². The van der Waals surface area contributed by atoms with E-state index in [0.717, 1.165) is 0 Å². The fraction of sp³-hybridized carbons (Fsp3) is 0.750. The molecule has 0 N–H and O–H groups in total. The van der Waals surface area contributed by atoms with Crippen LogP contribution in [0.15, 0.2) is 12.7 Å². The lowest BCUT2D eigenvalue weighted by atomic mass is 10.2. The number of rotatable bonds is 3. The van der Waals surface area contributed by atoms with Gasteiger partial charge in [0.05, 0.1) is 5.60 Å². The monoisotopic (exact) mass is 144 g/mol. The largest absolute Gasteiger partial charge is 0.230 e. The van der Waals surface area contributed by atoms with Crippen molar-refractivity contribution in [2.24, 2.45) is 0 Å². The fourth-order valence-electron chi connectivity index (χ4n) is 0.260. The molecule has 0 fully saturated rings. The Labute approximate surface area is 62.8 Å². The molecule has 0 saturated heterocycles. The van der Waals surface area contributed by atoms with Crippen LogP contribution in [0.25, 0.3) is 0 Å². The van der Waals surface area contributed by atoms with Crippen LogP contribution in [0, 0.1) is 0 Å². The van der Waals surface area contributed by atoms with Gasteiger partial charge in [0.15, 0.2) is 0 Å². The molecule has 0 saturated carbocycles. The molecule has 0 aliphatic rings. The van der Waals surface area contributed by atoms with Gasteiger partial charge in [0, 0.05) is 0 Å². The van der Waals surface area contributed by atoms with E-state index in [1.54, 1.807) is 6.08 Å². The lowest BCUT2D eigenvalue weighted by Crippen LogP contribution is -2.21. The highest BCUT2D eigenvalue weighted by molar-refractivity contribution is 4.73. The Hall–Kier alpha value is -0.340. The maximum absolute atomic E-state index is 5.01. The summed E-state index contributed by atoms with van der Waals surface area (Å²) in [6, 6.07) is 0. The Bertz CT molecular complexity index is 102. The van der Waals surface area contributed by atoms with Gasteiger partial charge in [-0.15, -0.1) is 6.58 Å². The van der Waals surface area contributed by atoms with Gasteiger partial charge in [-0.1, -0.05) is 6.08 Å². The first-order valence-corrected chi connectivity index (χ1v) is 3.43. The van der Waals surface area contributed by atoms with Crippen molar-refractivity contribution in [3.8, 4) is 0 Å². The highest BCUT2D eigenvalue weighted by Crippen LogP contribution is 2.08. The molecule has 1 atom stereocenters. The third-order valence-electron chi connectivity index (χ3n) is 0.782. The maximum atomic E-state index is 5.01. The first-order chi connectivity index (χ1) is 4.45. The van der Waals surface area contributed by atoms with Crippen LogP contribution in [-0.4, -0.2) is 11.7 Å². The zero-order valence-corrected chi connectivity index (χ0v) is 7.18. The number of hydrogen-bond donors (Lipinski definition) is 0. The summed E-state index contributed by atoms with van der Waals surface area (Å²) in [6.45, 7) is 11.2. The van der Waals surface area contributed by atoms with E-state index < -0.39 is 0 Å². The first-order valence-electron chi connectivity index (χ1n) is 3.43. The molecule has 0 radical (unpaired) electrons. The summed E-state index contributed by atoms with van der Waals surface area (Å²) in [5.74, 6) is 0. The van der Waals surface area contributed by atoms with E-state index in [4.69, 9.17) is 9.78 Å². The van der Waals surface area contributed by atoms with Crippen LogP contribution in [0.4, 0.5) is 0 Å². The van der Waals surface area contributed by atoms with Gasteiger partial charge in [0.25, 0.3) is 0 Å². The zero-order valence-electron chi connectivity index (χ0n) is 7.18. The Kier molecular flexibility index (Phi) is 3.61. The molecule has 0 aliphatic heterocycles. The average molecular weight is 144 g/mol. The highest BCUT2D eigenvalue weighted by atomic mass is 17.2. The van der Waals surface area contributed by atoms with Crippen molar-refractivity contribution < 1.29 is 9.78 Å². The van der Waals surface area contributed by atoms with Crippen molar-refractivity contribution in [3.63, 3.8) is 0 Å².